The second kappa shape index (κ2) is 12.5. The molecule has 2 aromatic rings. The van der Waals surface area contributed by atoms with Crippen LogP contribution in [0.1, 0.15) is 32.4 Å². The van der Waals surface area contributed by atoms with Crippen LogP contribution in [-0.4, -0.2) is 69.8 Å². The van der Waals surface area contributed by atoms with E-state index in [0.717, 1.165) is 28.7 Å². The van der Waals surface area contributed by atoms with Gasteiger partial charge >= 0.3 is 0 Å². The molecule has 0 saturated carbocycles. The van der Waals surface area contributed by atoms with E-state index >= 15 is 0 Å². The van der Waals surface area contributed by atoms with E-state index in [1.165, 1.54) is 38.2 Å². The number of likely N-dealkylation sites (N-methyl/N-ethyl adjacent to an activating group) is 2. The molecule has 0 aliphatic heterocycles. The Morgan fingerprint density at radius 2 is 1.71 bits per heavy atom. The number of hydrogen-bond donors (Lipinski definition) is 2. The first kappa shape index (κ1) is 27.3. The van der Waals surface area contributed by atoms with Gasteiger partial charge in [0.25, 0.3) is 0 Å². The summed E-state index contributed by atoms with van der Waals surface area (Å²) in [6.45, 7) is 7.06. The number of nitrogens with one attached hydrogen (secondary N) is 2. The maximum absolute atomic E-state index is 12.9. The normalized spacial score (nSPS) is 12.4. The van der Waals surface area contributed by atoms with Crippen LogP contribution < -0.4 is 15.4 Å². The summed E-state index contributed by atoms with van der Waals surface area (Å²) in [6, 6.07) is 13.4. The highest BCUT2D eigenvalue weighted by Gasteiger charge is 2.24. The monoisotopic (exact) mass is 490 g/mol. The first-order valence-electron chi connectivity index (χ1n) is 11.1. The lowest BCUT2D eigenvalue weighted by Crippen LogP contribution is -2.42. The molecule has 0 radical (unpaired) electrons. The minimum Gasteiger partial charge on any atom is -0.497 e. The van der Waals surface area contributed by atoms with Gasteiger partial charge in [0.1, 0.15) is 5.75 Å². The second-order valence-corrected chi connectivity index (χ2v) is 9.83. The summed E-state index contributed by atoms with van der Waals surface area (Å²) in [5, 5.41) is 5.47. The third kappa shape index (κ3) is 7.28. The van der Waals surface area contributed by atoms with Crippen LogP contribution in [0.3, 0.4) is 0 Å². The lowest BCUT2D eigenvalue weighted by molar-refractivity contribution is -0.121. The molecule has 0 unspecified atom stereocenters. The SMILES string of the molecule is CCN(CC)[C@@H](CNC(=O)CN(C)S(=O)(=O)c1ccc(NC(C)=O)cc1)c1cccc(OC)c1. The van der Waals surface area contributed by atoms with Crippen molar-refractivity contribution < 1.29 is 22.7 Å². The lowest BCUT2D eigenvalue weighted by Gasteiger charge is -2.30. The number of carbonyl (C=O) groups excluding carboxylic acids is 2. The van der Waals surface area contributed by atoms with E-state index in [9.17, 15) is 18.0 Å². The summed E-state index contributed by atoms with van der Waals surface area (Å²) in [5.41, 5.74) is 1.50. The minimum absolute atomic E-state index is 0.0364. The molecule has 0 fully saturated rings. The van der Waals surface area contributed by atoms with Crippen molar-refractivity contribution in [3.8, 4) is 5.75 Å². The quantitative estimate of drug-likeness (QED) is 0.473. The number of ether oxygens (including phenoxy) is 1. The molecular weight excluding hydrogens is 456 g/mol. The van der Waals surface area contributed by atoms with Crippen molar-refractivity contribution in [3.63, 3.8) is 0 Å². The third-order valence-electron chi connectivity index (χ3n) is 5.47. The van der Waals surface area contributed by atoms with Crippen LogP contribution in [0.15, 0.2) is 53.4 Å². The largest absolute Gasteiger partial charge is 0.497 e. The molecule has 2 N–H and O–H groups in total. The fraction of sp³-hybridized carbons (Fsp3) is 0.417. The summed E-state index contributed by atoms with van der Waals surface area (Å²) in [4.78, 5) is 26.1. The predicted octanol–water partition coefficient (Wildman–Crippen LogP) is 2.47. The zero-order chi connectivity index (χ0) is 25.3. The van der Waals surface area contributed by atoms with E-state index in [-0.39, 0.29) is 23.4 Å². The Morgan fingerprint density at radius 1 is 1.06 bits per heavy atom. The average molecular weight is 491 g/mol. The second-order valence-electron chi connectivity index (χ2n) is 7.78. The molecule has 0 bridgehead atoms. The fourth-order valence-electron chi connectivity index (χ4n) is 3.62. The molecule has 186 valence electrons. The molecule has 10 heteroatoms. The molecule has 34 heavy (non-hydrogen) atoms. The number of methoxy groups -OCH3 is 1. The number of rotatable bonds is 12. The highest BCUT2D eigenvalue weighted by Crippen LogP contribution is 2.24. The molecule has 2 rings (SSSR count). The molecule has 2 aromatic carbocycles. The third-order valence-corrected chi connectivity index (χ3v) is 7.29. The Labute approximate surface area is 202 Å². The van der Waals surface area contributed by atoms with Gasteiger partial charge in [-0.2, -0.15) is 4.31 Å². The lowest BCUT2D eigenvalue weighted by atomic mass is 10.0. The molecule has 0 aliphatic rings. The van der Waals surface area contributed by atoms with Crippen LogP contribution in [0.25, 0.3) is 0 Å². The van der Waals surface area contributed by atoms with Crippen molar-refractivity contribution in [2.45, 2.75) is 31.7 Å². The van der Waals surface area contributed by atoms with Crippen LogP contribution in [0, 0.1) is 0 Å². The van der Waals surface area contributed by atoms with Crippen molar-refractivity contribution in [1.29, 1.82) is 0 Å². The van der Waals surface area contributed by atoms with Crippen LogP contribution in [0.5, 0.6) is 5.75 Å². The molecule has 9 nitrogen and oxygen atoms in total. The van der Waals surface area contributed by atoms with Gasteiger partial charge in [-0.15, -0.1) is 0 Å². The van der Waals surface area contributed by atoms with Gasteiger partial charge in [0.05, 0.1) is 24.6 Å². The Balaban J connectivity index is 2.07. The molecule has 0 heterocycles. The van der Waals surface area contributed by atoms with E-state index in [1.807, 2.05) is 24.3 Å². The molecule has 0 aromatic heterocycles. The average Bonchev–Trinajstić information content (AvgIpc) is 2.81. The Morgan fingerprint density at radius 3 is 2.26 bits per heavy atom. The van der Waals surface area contributed by atoms with Crippen LogP contribution >= 0.6 is 0 Å². The summed E-state index contributed by atoms with van der Waals surface area (Å²) in [7, 11) is -0.902. The smallest absolute Gasteiger partial charge is 0.243 e. The molecular formula is C24H34N4O5S. The summed E-state index contributed by atoms with van der Waals surface area (Å²) < 4.78 is 32.1. The van der Waals surface area contributed by atoms with E-state index < -0.39 is 15.9 Å². The maximum atomic E-state index is 12.9. The van der Waals surface area contributed by atoms with Crippen molar-refractivity contribution in [2.24, 2.45) is 0 Å². The van der Waals surface area contributed by atoms with E-state index in [0.29, 0.717) is 12.2 Å². The fourth-order valence-corrected chi connectivity index (χ4v) is 4.75. The first-order valence-corrected chi connectivity index (χ1v) is 12.5. The van der Waals surface area contributed by atoms with Gasteiger partial charge in [-0.3, -0.25) is 14.5 Å². The number of anilines is 1. The summed E-state index contributed by atoms with van der Waals surface area (Å²) in [6.07, 6.45) is 0. The van der Waals surface area contributed by atoms with Crippen molar-refractivity contribution >= 4 is 27.5 Å². The highest BCUT2D eigenvalue weighted by atomic mass is 32.2. The van der Waals surface area contributed by atoms with E-state index in [1.54, 1.807) is 7.11 Å². The highest BCUT2D eigenvalue weighted by molar-refractivity contribution is 7.89. The van der Waals surface area contributed by atoms with Crippen LogP contribution in [-0.2, 0) is 19.6 Å². The number of benzene rings is 2. The summed E-state index contributed by atoms with van der Waals surface area (Å²) >= 11 is 0. The van der Waals surface area contributed by atoms with Crippen molar-refractivity contribution in [2.75, 3.05) is 45.7 Å². The topological polar surface area (TPSA) is 108 Å². The Kier molecular flexibility index (Phi) is 10.0. The zero-order valence-corrected chi connectivity index (χ0v) is 21.2. The van der Waals surface area contributed by atoms with Gasteiger partial charge in [0, 0.05) is 26.2 Å². The number of carbonyl (C=O) groups is 2. The number of amides is 2. The molecule has 0 aliphatic carbocycles. The standard InChI is InChI=1S/C24H34N4O5S/c1-6-28(7-2)23(19-9-8-10-21(15-19)33-5)16-25-24(30)17-27(4)34(31,32)22-13-11-20(12-14-22)26-18(3)29/h8-15,23H,6-7,16-17H2,1-5H3,(H,25,30)(H,26,29)/t23-/m0/s1. The molecule has 0 saturated heterocycles. The van der Waals surface area contributed by atoms with Gasteiger partial charge in [0.15, 0.2) is 0 Å². The summed E-state index contributed by atoms with van der Waals surface area (Å²) in [5.74, 6) is 0.0821. The molecule has 0 spiro atoms. The number of nitrogens with zero attached hydrogens (tertiary/aromatic N) is 2. The number of sulfonamides is 1. The van der Waals surface area contributed by atoms with Gasteiger partial charge in [-0.25, -0.2) is 8.42 Å². The van der Waals surface area contributed by atoms with Gasteiger partial charge in [-0.1, -0.05) is 26.0 Å². The predicted molar refractivity (Wildman–Crippen MR) is 132 cm³/mol. The van der Waals surface area contributed by atoms with E-state index in [4.69, 9.17) is 4.74 Å². The van der Waals surface area contributed by atoms with Gasteiger partial charge < -0.3 is 15.4 Å². The first-order chi connectivity index (χ1) is 16.1. The minimum atomic E-state index is -3.87. The van der Waals surface area contributed by atoms with E-state index in [2.05, 4.69) is 29.4 Å². The van der Waals surface area contributed by atoms with Crippen LogP contribution in [0.4, 0.5) is 5.69 Å². The van der Waals surface area contributed by atoms with Crippen molar-refractivity contribution in [1.82, 2.24) is 14.5 Å². The number of hydrogen-bond acceptors (Lipinski definition) is 6. The zero-order valence-electron chi connectivity index (χ0n) is 20.4. The van der Waals surface area contributed by atoms with Gasteiger partial charge in [-0.05, 0) is 55.1 Å². The van der Waals surface area contributed by atoms with Gasteiger partial charge in [0.2, 0.25) is 21.8 Å². The van der Waals surface area contributed by atoms with Crippen LogP contribution in [0.2, 0.25) is 0 Å². The Hall–Kier alpha value is -2.95. The maximum Gasteiger partial charge on any atom is 0.243 e. The van der Waals surface area contributed by atoms with Crippen molar-refractivity contribution in [3.05, 3.63) is 54.1 Å². The molecule has 1 atom stereocenters. The molecule has 2 amide bonds. The Bertz CT molecular complexity index is 1070.